The van der Waals surface area contributed by atoms with Crippen molar-refractivity contribution in [3.8, 4) is 0 Å². The molecule has 2 heterocycles. The maximum absolute atomic E-state index is 12.1. The third-order valence-electron chi connectivity index (χ3n) is 4.18. The molecule has 122 valence electrons. The van der Waals surface area contributed by atoms with Gasteiger partial charge >= 0.3 is 0 Å². The van der Waals surface area contributed by atoms with Gasteiger partial charge in [-0.15, -0.1) is 5.10 Å². The molecule has 0 bridgehead atoms. The molecule has 0 aliphatic carbocycles. The number of carbonyl (C=O) groups is 1. The first-order valence-corrected chi connectivity index (χ1v) is 7.72. The fourth-order valence-corrected chi connectivity index (χ4v) is 2.98. The van der Waals surface area contributed by atoms with Crippen molar-refractivity contribution in [1.29, 1.82) is 0 Å². The highest BCUT2D eigenvalue weighted by atomic mass is 16.3. The van der Waals surface area contributed by atoms with Crippen molar-refractivity contribution in [2.75, 3.05) is 13.1 Å². The lowest BCUT2D eigenvalue weighted by atomic mass is 10.1. The molecule has 0 spiro atoms. The molecule has 1 fully saturated rings. The van der Waals surface area contributed by atoms with Gasteiger partial charge in [-0.1, -0.05) is 35.5 Å². The molecular formula is C16H21N5O2. The van der Waals surface area contributed by atoms with Gasteiger partial charge in [0.05, 0.1) is 12.3 Å². The molecule has 2 atom stereocenters. The summed E-state index contributed by atoms with van der Waals surface area (Å²) in [4.78, 5) is 14.3. The van der Waals surface area contributed by atoms with E-state index >= 15 is 0 Å². The van der Waals surface area contributed by atoms with Crippen LogP contribution < -0.4 is 5.32 Å². The van der Waals surface area contributed by atoms with Crippen LogP contribution in [-0.2, 0) is 13.6 Å². The van der Waals surface area contributed by atoms with Crippen LogP contribution in [-0.4, -0.2) is 56.1 Å². The minimum atomic E-state index is -0.348. The lowest BCUT2D eigenvalue weighted by Gasteiger charge is -2.24. The van der Waals surface area contributed by atoms with Crippen LogP contribution in [0.4, 0.5) is 0 Å². The average molecular weight is 315 g/mol. The molecular weight excluding hydrogens is 294 g/mol. The van der Waals surface area contributed by atoms with E-state index in [1.54, 1.807) is 7.05 Å². The zero-order valence-corrected chi connectivity index (χ0v) is 13.1. The third kappa shape index (κ3) is 3.75. The Hall–Kier alpha value is -2.25. The second-order valence-electron chi connectivity index (χ2n) is 5.91. The highest BCUT2D eigenvalue weighted by Gasteiger charge is 2.31. The summed E-state index contributed by atoms with van der Waals surface area (Å²) in [6, 6.07) is 10.3. The van der Waals surface area contributed by atoms with Crippen molar-refractivity contribution in [2.24, 2.45) is 7.05 Å². The van der Waals surface area contributed by atoms with Gasteiger partial charge in [0.1, 0.15) is 5.69 Å². The van der Waals surface area contributed by atoms with Crippen LogP contribution in [0.2, 0.25) is 0 Å². The summed E-state index contributed by atoms with van der Waals surface area (Å²) in [5.74, 6) is -0.196. The molecule has 23 heavy (non-hydrogen) atoms. The summed E-state index contributed by atoms with van der Waals surface area (Å²) in [6.45, 7) is 1.89. The zero-order chi connectivity index (χ0) is 16.2. The van der Waals surface area contributed by atoms with Crippen molar-refractivity contribution < 1.29 is 9.90 Å². The highest BCUT2D eigenvalue weighted by molar-refractivity contribution is 5.92. The van der Waals surface area contributed by atoms with E-state index in [0.29, 0.717) is 25.2 Å². The maximum Gasteiger partial charge on any atom is 0.271 e. The first-order valence-electron chi connectivity index (χ1n) is 7.72. The lowest BCUT2D eigenvalue weighted by molar-refractivity contribution is 0.0930. The molecule has 1 aliphatic rings. The molecule has 2 aromatic rings. The number of hydrogen-bond acceptors (Lipinski definition) is 5. The van der Waals surface area contributed by atoms with Gasteiger partial charge in [0.25, 0.3) is 5.91 Å². The van der Waals surface area contributed by atoms with Crippen LogP contribution in [0.5, 0.6) is 0 Å². The van der Waals surface area contributed by atoms with Gasteiger partial charge in [-0.2, -0.15) is 0 Å². The number of rotatable bonds is 5. The predicted octanol–water partition coefficient (Wildman–Crippen LogP) is 0.180. The Morgan fingerprint density at radius 3 is 2.87 bits per heavy atom. The number of amides is 1. The number of nitrogens with one attached hydrogen (secondary N) is 1. The maximum atomic E-state index is 12.1. The normalized spacial score (nSPS) is 21.5. The fraction of sp³-hybridized carbons (Fsp3) is 0.438. The zero-order valence-electron chi connectivity index (χ0n) is 13.1. The van der Waals surface area contributed by atoms with Gasteiger partial charge in [-0.25, -0.2) is 4.68 Å². The second-order valence-corrected chi connectivity index (χ2v) is 5.91. The van der Waals surface area contributed by atoms with E-state index < -0.39 is 0 Å². The number of carbonyl (C=O) groups excluding carboxylic acids is 1. The monoisotopic (exact) mass is 315 g/mol. The third-order valence-corrected chi connectivity index (χ3v) is 4.18. The molecule has 0 radical (unpaired) electrons. The van der Waals surface area contributed by atoms with Gasteiger partial charge in [-0.05, 0) is 12.0 Å². The van der Waals surface area contributed by atoms with E-state index in [9.17, 15) is 9.90 Å². The van der Waals surface area contributed by atoms with Gasteiger partial charge < -0.3 is 10.4 Å². The molecule has 3 rings (SSSR count). The minimum Gasteiger partial charge on any atom is -0.392 e. The van der Waals surface area contributed by atoms with Crippen LogP contribution >= 0.6 is 0 Å². The Morgan fingerprint density at radius 2 is 2.17 bits per heavy atom. The van der Waals surface area contributed by atoms with Crippen molar-refractivity contribution in [3.63, 3.8) is 0 Å². The van der Waals surface area contributed by atoms with Gasteiger partial charge in [0.15, 0.2) is 0 Å². The number of likely N-dealkylation sites (tertiary alicyclic amines) is 1. The Balaban J connectivity index is 1.59. The van der Waals surface area contributed by atoms with Crippen LogP contribution in [0, 0.1) is 0 Å². The van der Waals surface area contributed by atoms with E-state index in [4.69, 9.17) is 0 Å². The Bertz CT molecular complexity index is 658. The molecule has 2 N–H and O–H groups in total. The summed E-state index contributed by atoms with van der Waals surface area (Å²) in [7, 11) is 1.68. The fourth-order valence-electron chi connectivity index (χ4n) is 2.98. The van der Waals surface area contributed by atoms with E-state index in [0.717, 1.165) is 6.54 Å². The van der Waals surface area contributed by atoms with Crippen molar-refractivity contribution >= 4 is 5.91 Å². The summed E-state index contributed by atoms with van der Waals surface area (Å²) >= 11 is 0. The first kappa shape index (κ1) is 15.6. The van der Waals surface area contributed by atoms with Crippen LogP contribution in [0.25, 0.3) is 0 Å². The molecule has 7 heteroatoms. The van der Waals surface area contributed by atoms with Crippen LogP contribution in [0.3, 0.4) is 0 Å². The molecule has 0 unspecified atom stereocenters. The number of aliphatic hydroxyl groups excluding tert-OH is 1. The minimum absolute atomic E-state index is 0.121. The quantitative estimate of drug-likeness (QED) is 0.822. The van der Waals surface area contributed by atoms with Gasteiger partial charge in [0, 0.05) is 32.7 Å². The Morgan fingerprint density at radius 1 is 1.39 bits per heavy atom. The predicted molar refractivity (Wildman–Crippen MR) is 84.6 cm³/mol. The topological polar surface area (TPSA) is 83.3 Å². The van der Waals surface area contributed by atoms with Crippen LogP contribution in [0.1, 0.15) is 22.5 Å². The molecule has 1 amide bonds. The second kappa shape index (κ2) is 6.89. The van der Waals surface area contributed by atoms with Gasteiger partial charge in [0.2, 0.25) is 0 Å². The van der Waals surface area contributed by atoms with Gasteiger partial charge in [-0.3, -0.25) is 9.69 Å². The van der Waals surface area contributed by atoms with Crippen molar-refractivity contribution in [3.05, 3.63) is 47.8 Å². The number of aryl methyl sites for hydroxylation is 1. The summed E-state index contributed by atoms with van der Waals surface area (Å²) < 4.78 is 1.45. The molecule has 1 saturated heterocycles. The molecule has 0 saturated carbocycles. The van der Waals surface area contributed by atoms with Crippen molar-refractivity contribution in [1.82, 2.24) is 25.2 Å². The number of benzene rings is 1. The Kier molecular flexibility index (Phi) is 4.68. The average Bonchev–Trinajstić information content (AvgIpc) is 3.12. The molecule has 1 aromatic carbocycles. The SMILES string of the molecule is Cn1nncc1C(=O)NC[C@@H]1C[C@@H](O)CN1Cc1ccccc1. The molecule has 7 nitrogen and oxygen atoms in total. The van der Waals surface area contributed by atoms with E-state index in [-0.39, 0.29) is 18.1 Å². The molecule has 1 aromatic heterocycles. The first-order chi connectivity index (χ1) is 11.1. The summed E-state index contributed by atoms with van der Waals surface area (Å²) in [5.41, 5.74) is 1.63. The van der Waals surface area contributed by atoms with Crippen molar-refractivity contribution in [2.45, 2.75) is 25.1 Å². The smallest absolute Gasteiger partial charge is 0.271 e. The number of nitrogens with zero attached hydrogens (tertiary/aromatic N) is 4. The van der Waals surface area contributed by atoms with Crippen LogP contribution in [0.15, 0.2) is 36.5 Å². The number of aromatic nitrogens is 3. The largest absolute Gasteiger partial charge is 0.392 e. The highest BCUT2D eigenvalue weighted by Crippen LogP contribution is 2.20. The summed E-state index contributed by atoms with van der Waals surface area (Å²) in [6.07, 6.45) is 1.76. The number of β-amino-alcohol motifs (C(OH)–C–C–N with tert-alkyl or cyclic N) is 1. The summed E-state index contributed by atoms with van der Waals surface area (Å²) in [5, 5.41) is 20.3. The number of hydrogen-bond donors (Lipinski definition) is 2. The van der Waals surface area contributed by atoms with E-state index in [1.807, 2.05) is 18.2 Å². The number of aliphatic hydroxyl groups is 1. The van der Waals surface area contributed by atoms with E-state index in [2.05, 4.69) is 32.7 Å². The Labute approximate surface area is 134 Å². The molecule has 1 aliphatic heterocycles. The standard InChI is InChI=1S/C16H21N5O2/c1-20-15(9-18-19-20)16(23)17-8-13-7-14(22)11-21(13)10-12-5-3-2-4-6-12/h2-6,9,13-14,22H,7-8,10-11H2,1H3,(H,17,23)/t13-,14+/m0/s1. The lowest BCUT2D eigenvalue weighted by Crippen LogP contribution is -2.40. The van der Waals surface area contributed by atoms with E-state index in [1.165, 1.54) is 16.4 Å².